The number of nitrogen functional groups attached to an aromatic ring is 2. The first-order valence-electron chi connectivity index (χ1n) is 10.2. The first-order chi connectivity index (χ1) is 15.7. The number of anilines is 2. The number of nitrogens with two attached hydrogens (primary N) is 2. The molecule has 5 aromatic carbocycles. The van der Waals surface area contributed by atoms with Crippen molar-refractivity contribution in [1.29, 1.82) is 0 Å². The topological polar surface area (TPSA) is 101 Å². The Labute approximate surface area is 184 Å². The van der Waals surface area contributed by atoms with E-state index in [0.29, 0.717) is 17.1 Å². The van der Waals surface area contributed by atoms with Crippen LogP contribution in [0.1, 0.15) is 0 Å². The fourth-order valence-electron chi connectivity index (χ4n) is 3.69. The lowest BCUT2D eigenvalue weighted by atomic mass is 10.1. The molecule has 0 aromatic heterocycles. The van der Waals surface area contributed by atoms with Crippen LogP contribution in [0.4, 0.5) is 34.1 Å². The highest BCUT2D eigenvalue weighted by Crippen LogP contribution is 2.37. The lowest BCUT2D eigenvalue weighted by Gasteiger charge is -2.08. The molecule has 0 spiro atoms. The summed E-state index contributed by atoms with van der Waals surface area (Å²) >= 11 is 0. The minimum Gasteiger partial charge on any atom is -0.398 e. The molecule has 0 amide bonds. The Morgan fingerprint density at radius 1 is 0.406 bits per heavy atom. The number of rotatable bonds is 4. The minimum atomic E-state index is 0.621. The van der Waals surface area contributed by atoms with Gasteiger partial charge in [-0.05, 0) is 42.5 Å². The van der Waals surface area contributed by atoms with Gasteiger partial charge >= 0.3 is 0 Å². The fraction of sp³-hybridized carbons (Fsp3) is 0. The maximum atomic E-state index is 6.12. The van der Waals surface area contributed by atoms with Crippen molar-refractivity contribution in [2.24, 2.45) is 20.5 Å². The molecule has 0 bridgehead atoms. The summed E-state index contributed by atoms with van der Waals surface area (Å²) in [6, 6.07) is 30.7. The summed E-state index contributed by atoms with van der Waals surface area (Å²) in [5.41, 5.74) is 16.5. The Morgan fingerprint density at radius 2 is 0.906 bits per heavy atom. The molecule has 0 aliphatic carbocycles. The molecule has 0 saturated heterocycles. The Balaban J connectivity index is 1.56. The summed E-state index contributed by atoms with van der Waals surface area (Å²) < 4.78 is 0. The molecule has 0 fully saturated rings. The molecule has 0 saturated carbocycles. The van der Waals surface area contributed by atoms with Crippen molar-refractivity contribution >= 4 is 55.7 Å². The maximum Gasteiger partial charge on any atom is 0.0937 e. The molecule has 0 aliphatic rings. The first-order valence-corrected chi connectivity index (χ1v) is 10.2. The molecule has 0 radical (unpaired) electrons. The van der Waals surface area contributed by atoms with Gasteiger partial charge < -0.3 is 11.5 Å². The lowest BCUT2D eigenvalue weighted by Crippen LogP contribution is -1.92. The van der Waals surface area contributed by atoms with E-state index in [1.807, 2.05) is 91.0 Å². The van der Waals surface area contributed by atoms with Gasteiger partial charge in [-0.1, -0.05) is 54.6 Å². The monoisotopic (exact) mass is 416 g/mol. The highest BCUT2D eigenvalue weighted by Gasteiger charge is 2.08. The third kappa shape index (κ3) is 3.65. The molecule has 0 aliphatic heterocycles. The minimum absolute atomic E-state index is 0.621. The van der Waals surface area contributed by atoms with Gasteiger partial charge in [0.05, 0.1) is 22.7 Å². The Kier molecular flexibility index (Phi) is 5.01. The van der Waals surface area contributed by atoms with Crippen molar-refractivity contribution in [3.8, 4) is 0 Å². The molecule has 5 aromatic rings. The van der Waals surface area contributed by atoms with Crippen LogP contribution in [0.2, 0.25) is 0 Å². The number of hydrogen-bond donors (Lipinski definition) is 2. The van der Waals surface area contributed by atoms with E-state index in [-0.39, 0.29) is 0 Å². The SMILES string of the molecule is Nc1cccc2c(N=Nc3ccc(N=Nc4ccccc4)c4ccccc34)ccc(N)c12. The van der Waals surface area contributed by atoms with Crippen LogP contribution < -0.4 is 11.5 Å². The third-order valence-corrected chi connectivity index (χ3v) is 5.25. The van der Waals surface area contributed by atoms with Gasteiger partial charge in [0.1, 0.15) is 0 Å². The molecule has 6 nitrogen and oxygen atoms in total. The number of benzene rings is 5. The van der Waals surface area contributed by atoms with Crippen molar-refractivity contribution < 1.29 is 0 Å². The Bertz CT molecular complexity index is 1480. The van der Waals surface area contributed by atoms with Crippen LogP contribution in [-0.4, -0.2) is 0 Å². The quantitative estimate of drug-likeness (QED) is 0.229. The maximum absolute atomic E-state index is 6.12. The summed E-state index contributed by atoms with van der Waals surface area (Å²) in [5, 5.41) is 21.4. The molecule has 0 atom stereocenters. The zero-order valence-electron chi connectivity index (χ0n) is 17.2. The first kappa shape index (κ1) is 19.4. The Hall–Kier alpha value is -4.58. The third-order valence-electron chi connectivity index (χ3n) is 5.25. The molecular weight excluding hydrogens is 396 g/mol. The zero-order chi connectivity index (χ0) is 21.9. The summed E-state index contributed by atoms with van der Waals surface area (Å²) in [6.07, 6.45) is 0. The highest BCUT2D eigenvalue weighted by molar-refractivity contribution is 6.07. The predicted molar refractivity (Wildman–Crippen MR) is 132 cm³/mol. The number of hydrogen-bond acceptors (Lipinski definition) is 6. The van der Waals surface area contributed by atoms with Crippen LogP contribution in [0.3, 0.4) is 0 Å². The van der Waals surface area contributed by atoms with Crippen LogP contribution in [-0.2, 0) is 0 Å². The second-order valence-corrected chi connectivity index (χ2v) is 7.33. The zero-order valence-corrected chi connectivity index (χ0v) is 17.2. The van der Waals surface area contributed by atoms with E-state index in [9.17, 15) is 0 Å². The van der Waals surface area contributed by atoms with Gasteiger partial charge in [-0.15, -0.1) is 15.3 Å². The van der Waals surface area contributed by atoms with Crippen LogP contribution in [0.15, 0.2) is 118 Å². The summed E-state index contributed by atoms with van der Waals surface area (Å²) in [5.74, 6) is 0. The molecule has 32 heavy (non-hydrogen) atoms. The Morgan fingerprint density at radius 3 is 1.59 bits per heavy atom. The molecule has 154 valence electrons. The van der Waals surface area contributed by atoms with E-state index >= 15 is 0 Å². The van der Waals surface area contributed by atoms with E-state index in [4.69, 9.17) is 11.5 Å². The molecule has 0 unspecified atom stereocenters. The number of azo groups is 2. The van der Waals surface area contributed by atoms with Gasteiger partial charge in [-0.3, -0.25) is 0 Å². The van der Waals surface area contributed by atoms with Gasteiger partial charge in [-0.25, -0.2) is 0 Å². The fourth-order valence-corrected chi connectivity index (χ4v) is 3.69. The van der Waals surface area contributed by atoms with Gasteiger partial charge in [-0.2, -0.15) is 5.11 Å². The van der Waals surface area contributed by atoms with Crippen LogP contribution in [0.25, 0.3) is 21.5 Å². The van der Waals surface area contributed by atoms with Gasteiger partial charge in [0.15, 0.2) is 0 Å². The van der Waals surface area contributed by atoms with Gasteiger partial charge in [0.25, 0.3) is 0 Å². The van der Waals surface area contributed by atoms with E-state index in [1.165, 1.54) is 0 Å². The van der Waals surface area contributed by atoms with Crippen LogP contribution in [0, 0.1) is 0 Å². The predicted octanol–water partition coefficient (Wildman–Crippen LogP) is 7.99. The van der Waals surface area contributed by atoms with Gasteiger partial charge in [0.2, 0.25) is 0 Å². The van der Waals surface area contributed by atoms with Crippen molar-refractivity contribution in [2.75, 3.05) is 11.5 Å². The second kappa shape index (κ2) is 8.28. The largest absolute Gasteiger partial charge is 0.398 e. The van der Waals surface area contributed by atoms with Crippen LogP contribution >= 0.6 is 0 Å². The highest BCUT2D eigenvalue weighted by atomic mass is 15.1. The van der Waals surface area contributed by atoms with Crippen molar-refractivity contribution in [3.63, 3.8) is 0 Å². The van der Waals surface area contributed by atoms with Crippen molar-refractivity contribution in [2.45, 2.75) is 0 Å². The van der Waals surface area contributed by atoms with E-state index in [2.05, 4.69) is 20.5 Å². The van der Waals surface area contributed by atoms with Crippen molar-refractivity contribution in [3.05, 3.63) is 97.1 Å². The average molecular weight is 416 g/mol. The average Bonchev–Trinajstić information content (AvgIpc) is 2.83. The summed E-state index contributed by atoms with van der Waals surface area (Å²) in [6.45, 7) is 0. The number of nitrogens with zero attached hydrogens (tertiary/aromatic N) is 4. The molecule has 4 N–H and O–H groups in total. The van der Waals surface area contributed by atoms with Crippen molar-refractivity contribution in [1.82, 2.24) is 0 Å². The molecule has 5 rings (SSSR count). The molecule has 6 heteroatoms. The smallest absolute Gasteiger partial charge is 0.0937 e. The molecule has 0 heterocycles. The van der Waals surface area contributed by atoms with E-state index < -0.39 is 0 Å². The number of fused-ring (bicyclic) bond motifs is 2. The standard InChI is InChI=1S/C26H20N6/c27-21-12-6-11-20-25(14-13-22(28)26(20)21)32-31-24-16-15-23(18-9-4-5-10-19(18)24)30-29-17-7-2-1-3-8-17/h1-16H,27-28H2. The normalized spacial score (nSPS) is 11.8. The van der Waals surface area contributed by atoms with Gasteiger partial charge in [0, 0.05) is 32.9 Å². The summed E-state index contributed by atoms with van der Waals surface area (Å²) in [7, 11) is 0. The lowest BCUT2D eigenvalue weighted by molar-refractivity contribution is 1.23. The molecular formula is C26H20N6. The summed E-state index contributed by atoms with van der Waals surface area (Å²) in [4.78, 5) is 0. The second-order valence-electron chi connectivity index (χ2n) is 7.33. The van der Waals surface area contributed by atoms with E-state index in [0.717, 1.165) is 38.6 Å². The van der Waals surface area contributed by atoms with E-state index in [1.54, 1.807) is 6.07 Å². The van der Waals surface area contributed by atoms with Crippen LogP contribution in [0.5, 0.6) is 0 Å².